The molecule has 1 aromatic rings. The van der Waals surface area contributed by atoms with Crippen molar-refractivity contribution >= 4 is 10.1 Å². The first kappa shape index (κ1) is 11.7. The van der Waals surface area contributed by atoms with E-state index in [0.717, 1.165) is 0 Å². The average molecular weight is 180 g/mol. The zero-order valence-electron chi connectivity index (χ0n) is 7.77. The number of hydrogen-bond donors (Lipinski definition) is 1. The monoisotopic (exact) mass is 180 g/mol. The van der Waals surface area contributed by atoms with Crippen molar-refractivity contribution in [2.24, 2.45) is 0 Å². The summed E-state index contributed by atoms with van der Waals surface area (Å²) in [5, 5.41) is 0. The third kappa shape index (κ3) is 4.57. The van der Waals surface area contributed by atoms with Crippen molar-refractivity contribution in [1.82, 2.24) is 0 Å². The maximum absolute atomic E-state index is 10.4. The van der Waals surface area contributed by atoms with Gasteiger partial charge in [0.05, 0.1) is 0 Å². The molecular weight excluding hydrogens is 171 g/mol. The van der Waals surface area contributed by atoms with Crippen LogP contribution in [0.4, 0.5) is 0 Å². The Morgan fingerprint density at radius 1 is 1.25 bits per heavy atom. The molecule has 1 N–H and O–H groups in total. The van der Waals surface area contributed by atoms with Gasteiger partial charge in [0.25, 0.3) is 10.1 Å². The summed E-state index contributed by atoms with van der Waals surface area (Å²) in [4.78, 5) is 0. The summed E-state index contributed by atoms with van der Waals surface area (Å²) >= 11 is 0. The summed E-state index contributed by atoms with van der Waals surface area (Å²) in [5.74, 6) is -0.312. The second-order valence-electron chi connectivity index (χ2n) is 2.21. The van der Waals surface area contributed by atoms with Crippen molar-refractivity contribution in [3.05, 3.63) is 35.9 Å². The van der Waals surface area contributed by atoms with Gasteiger partial charge in [0.2, 0.25) is 0 Å². The third-order valence-electron chi connectivity index (χ3n) is 1.19. The Labute approximate surface area is 85.2 Å². The number of hydrogen-bond acceptors (Lipinski definition) is 2. The maximum Gasteiger partial charge on any atom is 1.00 e. The van der Waals surface area contributed by atoms with Crippen molar-refractivity contribution in [2.45, 2.75) is 5.75 Å². The average Bonchev–Trinajstić information content (AvgIpc) is 1.85. The van der Waals surface area contributed by atoms with Gasteiger partial charge in [-0.1, -0.05) is 30.3 Å². The molecule has 3 nitrogen and oxygen atoms in total. The number of rotatable bonds is 2. The molecule has 0 aliphatic carbocycles. The van der Waals surface area contributed by atoms with Crippen LogP contribution in [0.25, 0.3) is 0 Å². The maximum atomic E-state index is 10.4. The molecule has 0 saturated carbocycles. The molecule has 0 unspecified atom stereocenters. The second kappa shape index (κ2) is 4.68. The van der Waals surface area contributed by atoms with Crippen LogP contribution in [-0.4, -0.2) is 13.0 Å². The van der Waals surface area contributed by atoms with Crippen LogP contribution in [0.5, 0.6) is 0 Å². The Morgan fingerprint density at radius 3 is 2.17 bits per heavy atom. The summed E-state index contributed by atoms with van der Waals surface area (Å²) < 4.78 is 29.2. The van der Waals surface area contributed by atoms with Crippen LogP contribution in [-0.2, 0) is 15.9 Å². The van der Waals surface area contributed by atoms with Crippen LogP contribution in [0.3, 0.4) is 0 Å². The van der Waals surface area contributed by atoms with Gasteiger partial charge in [-0.2, -0.15) is 8.42 Å². The van der Waals surface area contributed by atoms with E-state index in [0.29, 0.717) is 5.56 Å². The molecule has 0 fully saturated rings. The van der Waals surface area contributed by atoms with E-state index in [1.54, 1.807) is 30.3 Å². The summed E-state index contributed by atoms with van der Waals surface area (Å²) in [5.41, 5.74) is 0.593. The molecule has 5 heteroatoms. The third-order valence-corrected chi connectivity index (χ3v) is 1.89. The van der Waals surface area contributed by atoms with E-state index in [4.69, 9.17) is 4.55 Å². The topological polar surface area (TPSA) is 54.4 Å². The molecule has 0 atom stereocenters. The molecule has 62 valence electrons. The van der Waals surface area contributed by atoms with Crippen molar-refractivity contribution in [3.8, 4) is 0 Å². The van der Waals surface area contributed by atoms with Crippen LogP contribution in [0.1, 0.15) is 6.99 Å². The molecule has 0 bridgehead atoms. The van der Waals surface area contributed by atoms with Crippen molar-refractivity contribution < 1.29 is 33.3 Å². The predicted octanol–water partition coefficient (Wildman–Crippen LogP) is -1.81. The first-order valence-corrected chi connectivity index (χ1v) is 4.68. The number of benzene rings is 1. The molecule has 0 spiro atoms. The smallest absolute Gasteiger partial charge is 1.00 e. The standard InChI is InChI=1S/C7H8O3S.Li.H/c8-11(9,10)6-7-4-2-1-3-5-7;;/h1-5H,6H2,(H,8,9,10);;/q;+1;-1. The summed E-state index contributed by atoms with van der Waals surface area (Å²) in [6.45, 7) is 0. The summed E-state index contributed by atoms with van der Waals surface area (Å²) in [6.07, 6.45) is 0. The molecule has 1 rings (SSSR count). The van der Waals surface area contributed by atoms with E-state index in [1.165, 1.54) is 0 Å². The van der Waals surface area contributed by atoms with E-state index in [2.05, 4.69) is 0 Å². The van der Waals surface area contributed by atoms with Gasteiger partial charge in [-0.15, -0.1) is 0 Å². The van der Waals surface area contributed by atoms with Gasteiger partial charge in [0, 0.05) is 0 Å². The van der Waals surface area contributed by atoms with Gasteiger partial charge in [-0.25, -0.2) is 0 Å². The molecule has 12 heavy (non-hydrogen) atoms. The van der Waals surface area contributed by atoms with Gasteiger partial charge in [-0.05, 0) is 5.56 Å². The van der Waals surface area contributed by atoms with E-state index in [1.807, 2.05) is 0 Å². The minimum atomic E-state index is -3.88. The van der Waals surface area contributed by atoms with Gasteiger partial charge in [0.15, 0.2) is 0 Å². The first-order valence-electron chi connectivity index (χ1n) is 3.07. The van der Waals surface area contributed by atoms with Crippen molar-refractivity contribution in [2.75, 3.05) is 0 Å². The van der Waals surface area contributed by atoms with E-state index < -0.39 is 10.1 Å². The van der Waals surface area contributed by atoms with Gasteiger partial charge >= 0.3 is 18.9 Å². The minimum absolute atomic E-state index is 0. The largest absolute Gasteiger partial charge is 1.00 e. The van der Waals surface area contributed by atoms with Crippen LogP contribution in [0, 0.1) is 0 Å². The van der Waals surface area contributed by atoms with E-state index in [-0.39, 0.29) is 26.0 Å². The fourth-order valence-corrected chi connectivity index (χ4v) is 1.40. The van der Waals surface area contributed by atoms with Gasteiger partial charge in [-0.3, -0.25) is 4.55 Å². The fourth-order valence-electron chi connectivity index (χ4n) is 0.785. The summed E-state index contributed by atoms with van der Waals surface area (Å²) in [7, 11) is -3.88. The predicted molar refractivity (Wildman–Crippen MR) is 42.8 cm³/mol. The normalized spacial score (nSPS) is 10.4. The van der Waals surface area contributed by atoms with Gasteiger partial charge < -0.3 is 1.43 Å². The first-order chi connectivity index (χ1) is 5.08. The molecule has 0 aliphatic heterocycles. The summed E-state index contributed by atoms with van der Waals surface area (Å²) in [6, 6.07) is 8.52. The van der Waals surface area contributed by atoms with Crippen LogP contribution in [0.2, 0.25) is 0 Å². The fraction of sp³-hybridized carbons (Fsp3) is 0.143. The SMILES string of the molecule is O=S(=O)(O)Cc1ccccc1.[H-].[Li+]. The molecule has 0 aliphatic rings. The van der Waals surface area contributed by atoms with Crippen LogP contribution < -0.4 is 18.9 Å². The Kier molecular flexibility index (Phi) is 4.57. The van der Waals surface area contributed by atoms with Crippen molar-refractivity contribution in [1.29, 1.82) is 0 Å². The molecule has 0 aromatic heterocycles. The molecule has 0 saturated heterocycles. The second-order valence-corrected chi connectivity index (χ2v) is 3.66. The van der Waals surface area contributed by atoms with Gasteiger partial charge in [0.1, 0.15) is 5.75 Å². The zero-order chi connectivity index (χ0) is 8.32. The Hall–Kier alpha value is -0.273. The minimum Gasteiger partial charge on any atom is -1.00 e. The van der Waals surface area contributed by atoms with E-state index in [9.17, 15) is 8.42 Å². The molecule has 0 radical (unpaired) electrons. The molecule has 0 amide bonds. The van der Waals surface area contributed by atoms with Crippen molar-refractivity contribution in [3.63, 3.8) is 0 Å². The van der Waals surface area contributed by atoms with E-state index >= 15 is 0 Å². The molecule has 0 heterocycles. The van der Waals surface area contributed by atoms with Crippen LogP contribution in [0.15, 0.2) is 30.3 Å². The van der Waals surface area contributed by atoms with Crippen LogP contribution >= 0.6 is 0 Å². The molecule has 1 aromatic carbocycles. The zero-order valence-corrected chi connectivity index (χ0v) is 7.58. The quantitative estimate of drug-likeness (QED) is 0.431. The molecular formula is C7H9LiO3S. The Morgan fingerprint density at radius 2 is 1.75 bits per heavy atom. The Balaban J connectivity index is 0. The Bertz CT molecular complexity index is 325.